The van der Waals surface area contributed by atoms with Crippen molar-refractivity contribution in [3.05, 3.63) is 69.8 Å². The van der Waals surface area contributed by atoms with Crippen LogP contribution in [-0.4, -0.2) is 19.1 Å². The normalized spacial score (nSPS) is 11.9. The first kappa shape index (κ1) is 15.0. The average Bonchev–Trinajstić information content (AvgIpc) is 2.53. The van der Waals surface area contributed by atoms with Gasteiger partial charge in [-0.1, -0.05) is 30.3 Å². The van der Waals surface area contributed by atoms with Gasteiger partial charge in [-0.3, -0.25) is 10.1 Å². The number of para-hydroxylation sites is 1. The molecule has 5 heteroatoms. The number of nitrogens with one attached hydrogen (secondary N) is 1. The molecule has 1 unspecified atom stereocenters. The number of hydrogen-bond donors (Lipinski definition) is 1. The van der Waals surface area contributed by atoms with Crippen LogP contribution >= 0.6 is 0 Å². The molecule has 0 amide bonds. The lowest BCUT2D eigenvalue weighted by atomic mass is 9.98. The largest absolute Gasteiger partial charge is 0.497 e. The molecule has 0 aromatic heterocycles. The minimum absolute atomic E-state index is 0.0111. The molecule has 2 aromatic rings. The highest BCUT2D eigenvalue weighted by Crippen LogP contribution is 2.25. The summed E-state index contributed by atoms with van der Waals surface area (Å²) in [5.41, 5.74) is 1.94. The maximum Gasteiger partial charge on any atom is 0.272 e. The molecule has 0 saturated carbocycles. The molecule has 1 N–H and O–H groups in total. The molecular weight excluding hydrogens is 268 g/mol. The number of nitro groups is 1. The van der Waals surface area contributed by atoms with Crippen molar-refractivity contribution >= 4 is 5.69 Å². The van der Waals surface area contributed by atoms with E-state index in [2.05, 4.69) is 5.32 Å². The predicted molar refractivity (Wildman–Crippen MR) is 81.6 cm³/mol. The van der Waals surface area contributed by atoms with Gasteiger partial charge in [-0.15, -0.1) is 0 Å². The highest BCUT2D eigenvalue weighted by atomic mass is 16.6. The molecule has 2 aromatic carbocycles. The molecule has 1 atom stereocenters. The molecule has 0 radical (unpaired) electrons. The molecule has 0 saturated heterocycles. The predicted octanol–water partition coefficient (Wildman–Crippen LogP) is 3.11. The van der Waals surface area contributed by atoms with Crippen molar-refractivity contribution < 1.29 is 9.66 Å². The second kappa shape index (κ2) is 6.85. The van der Waals surface area contributed by atoms with E-state index in [1.165, 1.54) is 6.07 Å². The SMILES string of the molecule is CNC(Cc1ccccc1[N+](=O)[O-])c1ccc(OC)cc1. The molecule has 110 valence electrons. The van der Waals surface area contributed by atoms with E-state index in [4.69, 9.17) is 4.74 Å². The Balaban J connectivity index is 2.24. The number of nitrogens with zero attached hydrogens (tertiary/aromatic N) is 1. The van der Waals surface area contributed by atoms with E-state index in [1.807, 2.05) is 37.4 Å². The Morgan fingerprint density at radius 1 is 1.19 bits per heavy atom. The van der Waals surface area contributed by atoms with Gasteiger partial charge in [0.05, 0.1) is 12.0 Å². The van der Waals surface area contributed by atoms with E-state index < -0.39 is 0 Å². The Hall–Kier alpha value is -2.40. The summed E-state index contributed by atoms with van der Waals surface area (Å²) < 4.78 is 5.14. The van der Waals surface area contributed by atoms with Gasteiger partial charge in [-0.2, -0.15) is 0 Å². The van der Waals surface area contributed by atoms with Crippen LogP contribution in [0.5, 0.6) is 5.75 Å². The zero-order valence-electron chi connectivity index (χ0n) is 12.1. The number of ether oxygens (including phenoxy) is 1. The number of benzene rings is 2. The first-order valence-corrected chi connectivity index (χ1v) is 6.69. The molecule has 0 aliphatic rings. The van der Waals surface area contributed by atoms with Crippen molar-refractivity contribution in [2.75, 3.05) is 14.2 Å². The summed E-state index contributed by atoms with van der Waals surface area (Å²) in [5.74, 6) is 0.791. The van der Waals surface area contributed by atoms with Gasteiger partial charge < -0.3 is 10.1 Å². The van der Waals surface area contributed by atoms with Crippen LogP contribution in [-0.2, 0) is 6.42 Å². The lowest BCUT2D eigenvalue weighted by Gasteiger charge is -2.17. The smallest absolute Gasteiger partial charge is 0.272 e. The molecule has 2 rings (SSSR count). The van der Waals surface area contributed by atoms with Gasteiger partial charge in [-0.05, 0) is 31.2 Å². The number of rotatable bonds is 6. The van der Waals surface area contributed by atoms with E-state index >= 15 is 0 Å². The van der Waals surface area contributed by atoms with Gasteiger partial charge in [0.15, 0.2) is 0 Å². The Kier molecular flexibility index (Phi) is 4.90. The summed E-state index contributed by atoms with van der Waals surface area (Å²) in [6, 6.07) is 14.6. The summed E-state index contributed by atoms with van der Waals surface area (Å²) in [6.45, 7) is 0. The third-order valence-corrected chi connectivity index (χ3v) is 3.48. The van der Waals surface area contributed by atoms with Crippen LogP contribution < -0.4 is 10.1 Å². The molecule has 0 spiro atoms. The fraction of sp³-hybridized carbons (Fsp3) is 0.250. The summed E-state index contributed by atoms with van der Waals surface area (Å²) in [5, 5.41) is 14.3. The minimum atomic E-state index is -0.337. The van der Waals surface area contributed by atoms with E-state index in [0.717, 1.165) is 16.9 Å². The molecule has 0 aliphatic heterocycles. The minimum Gasteiger partial charge on any atom is -0.497 e. The van der Waals surface area contributed by atoms with Crippen LogP contribution in [0.2, 0.25) is 0 Å². The third-order valence-electron chi connectivity index (χ3n) is 3.48. The van der Waals surface area contributed by atoms with Gasteiger partial charge in [0.1, 0.15) is 5.75 Å². The molecule has 0 fully saturated rings. The molecule has 0 aliphatic carbocycles. The van der Waals surface area contributed by atoms with Crippen molar-refractivity contribution in [2.45, 2.75) is 12.5 Å². The topological polar surface area (TPSA) is 64.4 Å². The fourth-order valence-electron chi connectivity index (χ4n) is 2.30. The van der Waals surface area contributed by atoms with Crippen molar-refractivity contribution in [1.29, 1.82) is 0 Å². The van der Waals surface area contributed by atoms with Gasteiger partial charge >= 0.3 is 0 Å². The van der Waals surface area contributed by atoms with Crippen molar-refractivity contribution in [3.8, 4) is 5.75 Å². The van der Waals surface area contributed by atoms with Crippen LogP contribution in [0.3, 0.4) is 0 Å². The van der Waals surface area contributed by atoms with E-state index in [0.29, 0.717) is 6.42 Å². The summed E-state index contributed by atoms with van der Waals surface area (Å²) >= 11 is 0. The monoisotopic (exact) mass is 286 g/mol. The maximum absolute atomic E-state index is 11.1. The van der Waals surface area contributed by atoms with E-state index in [9.17, 15) is 10.1 Å². The summed E-state index contributed by atoms with van der Waals surface area (Å²) in [6.07, 6.45) is 0.556. The Bertz CT molecular complexity index is 611. The van der Waals surface area contributed by atoms with Gasteiger partial charge in [0.2, 0.25) is 0 Å². The number of hydrogen-bond acceptors (Lipinski definition) is 4. The first-order valence-electron chi connectivity index (χ1n) is 6.69. The fourth-order valence-corrected chi connectivity index (χ4v) is 2.30. The average molecular weight is 286 g/mol. The Morgan fingerprint density at radius 2 is 1.86 bits per heavy atom. The molecular formula is C16H18N2O3. The molecule has 5 nitrogen and oxygen atoms in total. The molecule has 0 heterocycles. The summed E-state index contributed by atoms with van der Waals surface area (Å²) in [4.78, 5) is 10.7. The number of likely N-dealkylation sites (N-methyl/N-ethyl adjacent to an activating group) is 1. The number of methoxy groups -OCH3 is 1. The summed E-state index contributed by atoms with van der Waals surface area (Å²) in [7, 11) is 3.47. The first-order chi connectivity index (χ1) is 10.2. The van der Waals surface area contributed by atoms with Crippen LogP contribution in [0.25, 0.3) is 0 Å². The zero-order valence-corrected chi connectivity index (χ0v) is 12.1. The van der Waals surface area contributed by atoms with E-state index in [-0.39, 0.29) is 16.7 Å². The van der Waals surface area contributed by atoms with Crippen LogP contribution in [0, 0.1) is 10.1 Å². The van der Waals surface area contributed by atoms with E-state index in [1.54, 1.807) is 19.2 Å². The number of nitro benzene ring substituents is 1. The van der Waals surface area contributed by atoms with Crippen LogP contribution in [0.4, 0.5) is 5.69 Å². The zero-order chi connectivity index (χ0) is 15.2. The second-order valence-electron chi connectivity index (χ2n) is 4.70. The van der Waals surface area contributed by atoms with Crippen LogP contribution in [0.1, 0.15) is 17.2 Å². The Labute approximate surface area is 123 Å². The Morgan fingerprint density at radius 3 is 2.43 bits per heavy atom. The molecule has 0 bridgehead atoms. The van der Waals surface area contributed by atoms with Crippen molar-refractivity contribution in [3.63, 3.8) is 0 Å². The third kappa shape index (κ3) is 3.58. The van der Waals surface area contributed by atoms with Gasteiger partial charge in [0.25, 0.3) is 5.69 Å². The van der Waals surface area contributed by atoms with Crippen molar-refractivity contribution in [2.24, 2.45) is 0 Å². The quantitative estimate of drug-likeness (QED) is 0.654. The second-order valence-corrected chi connectivity index (χ2v) is 4.70. The van der Waals surface area contributed by atoms with Gasteiger partial charge in [-0.25, -0.2) is 0 Å². The van der Waals surface area contributed by atoms with Crippen molar-refractivity contribution in [1.82, 2.24) is 5.32 Å². The van der Waals surface area contributed by atoms with Crippen LogP contribution in [0.15, 0.2) is 48.5 Å². The lowest BCUT2D eigenvalue weighted by molar-refractivity contribution is -0.385. The highest BCUT2D eigenvalue weighted by Gasteiger charge is 2.17. The molecule has 21 heavy (non-hydrogen) atoms. The highest BCUT2D eigenvalue weighted by molar-refractivity contribution is 5.41. The van der Waals surface area contributed by atoms with Gasteiger partial charge in [0, 0.05) is 17.7 Å². The standard InChI is InChI=1S/C16H18N2O3/c1-17-15(12-7-9-14(21-2)10-8-12)11-13-5-3-4-6-16(13)18(19)20/h3-10,15,17H,11H2,1-2H3. The lowest BCUT2D eigenvalue weighted by Crippen LogP contribution is -2.19. The maximum atomic E-state index is 11.1.